The van der Waals surface area contributed by atoms with Crippen LogP contribution in [0, 0.1) is 13.8 Å². The van der Waals surface area contributed by atoms with Crippen molar-refractivity contribution < 1.29 is 9.53 Å². The number of pyridine rings is 1. The van der Waals surface area contributed by atoms with E-state index >= 15 is 0 Å². The molecule has 0 bridgehead atoms. The van der Waals surface area contributed by atoms with Crippen molar-refractivity contribution in [3.05, 3.63) is 87.5 Å². The van der Waals surface area contributed by atoms with Gasteiger partial charge < -0.3 is 10.1 Å². The van der Waals surface area contributed by atoms with Crippen LogP contribution in [-0.4, -0.2) is 27.6 Å². The molecule has 0 aliphatic carbocycles. The van der Waals surface area contributed by atoms with Crippen LogP contribution in [0.1, 0.15) is 40.3 Å². The fourth-order valence-electron chi connectivity index (χ4n) is 3.96. The van der Waals surface area contributed by atoms with Crippen LogP contribution in [0.4, 0.5) is 5.69 Å². The van der Waals surface area contributed by atoms with Gasteiger partial charge in [-0.05, 0) is 44.5 Å². The maximum atomic E-state index is 13.3. The molecule has 2 heterocycles. The van der Waals surface area contributed by atoms with Crippen LogP contribution in [0.3, 0.4) is 0 Å². The summed E-state index contributed by atoms with van der Waals surface area (Å²) < 4.78 is 6.49. The fourth-order valence-corrected chi connectivity index (χ4v) is 3.96. The lowest BCUT2D eigenvalue weighted by molar-refractivity contribution is 0.0595. The second kappa shape index (κ2) is 8.86. The first-order valence-electron chi connectivity index (χ1n) is 10.7. The van der Waals surface area contributed by atoms with Crippen molar-refractivity contribution in [2.45, 2.75) is 26.8 Å². The molecule has 2 aromatic heterocycles. The van der Waals surface area contributed by atoms with Gasteiger partial charge in [0.2, 0.25) is 0 Å². The number of fused-ring (bicyclic) bond motifs is 1. The Bertz CT molecular complexity index is 1410. The summed E-state index contributed by atoms with van der Waals surface area (Å²) in [5.74, 6) is 0.0820. The largest absolute Gasteiger partial charge is 0.464 e. The number of esters is 1. The van der Waals surface area contributed by atoms with Gasteiger partial charge in [0.05, 0.1) is 29.7 Å². The molecular formula is C26H26N4O3. The number of aryl methyl sites for hydroxylation is 2. The highest BCUT2D eigenvalue weighted by molar-refractivity contribution is 5.93. The Labute approximate surface area is 192 Å². The molecule has 0 radical (unpaired) electrons. The topological polar surface area (TPSA) is 86.1 Å². The lowest BCUT2D eigenvalue weighted by atomic mass is 10.0. The van der Waals surface area contributed by atoms with Crippen molar-refractivity contribution in [2.75, 3.05) is 12.4 Å². The molecule has 0 amide bonds. The van der Waals surface area contributed by atoms with Gasteiger partial charge in [-0.25, -0.2) is 14.8 Å². The zero-order chi connectivity index (χ0) is 23.7. The number of hydrogen-bond acceptors (Lipinski definition) is 6. The Balaban J connectivity index is 1.87. The van der Waals surface area contributed by atoms with Gasteiger partial charge in [0.15, 0.2) is 5.69 Å². The maximum Gasteiger partial charge on any atom is 0.358 e. The number of benzene rings is 2. The van der Waals surface area contributed by atoms with E-state index in [1.165, 1.54) is 7.11 Å². The van der Waals surface area contributed by atoms with E-state index in [9.17, 15) is 9.59 Å². The molecule has 168 valence electrons. The van der Waals surface area contributed by atoms with E-state index in [0.29, 0.717) is 28.1 Å². The number of nitrogens with zero attached hydrogens (tertiary/aromatic N) is 3. The van der Waals surface area contributed by atoms with Crippen LogP contribution in [0.15, 0.2) is 59.4 Å². The van der Waals surface area contributed by atoms with Crippen molar-refractivity contribution in [2.24, 2.45) is 7.05 Å². The third kappa shape index (κ3) is 4.22. The van der Waals surface area contributed by atoms with Gasteiger partial charge in [0, 0.05) is 23.9 Å². The molecule has 4 aromatic rings. The zero-order valence-electron chi connectivity index (χ0n) is 19.3. The van der Waals surface area contributed by atoms with Gasteiger partial charge in [0.1, 0.15) is 5.82 Å². The highest BCUT2D eigenvalue weighted by Crippen LogP contribution is 2.29. The van der Waals surface area contributed by atoms with Gasteiger partial charge >= 0.3 is 5.97 Å². The SMILES string of the molecule is COC(=O)c1nc(C)ccc1NC(C)c1cc(C)cc2c(=O)n(C)c(-c3ccccc3)nc12. The molecule has 0 spiro atoms. The van der Waals surface area contributed by atoms with Gasteiger partial charge in [-0.2, -0.15) is 0 Å². The average molecular weight is 443 g/mol. The minimum atomic E-state index is -0.513. The van der Waals surface area contributed by atoms with Crippen molar-refractivity contribution in [1.29, 1.82) is 0 Å². The van der Waals surface area contributed by atoms with Crippen molar-refractivity contribution in [1.82, 2.24) is 14.5 Å². The molecule has 7 nitrogen and oxygen atoms in total. The van der Waals surface area contributed by atoms with Crippen molar-refractivity contribution >= 4 is 22.6 Å². The van der Waals surface area contributed by atoms with E-state index < -0.39 is 5.97 Å². The van der Waals surface area contributed by atoms with Gasteiger partial charge in [0.25, 0.3) is 5.56 Å². The molecule has 0 saturated heterocycles. The first kappa shape index (κ1) is 22.2. The van der Waals surface area contributed by atoms with Crippen molar-refractivity contribution in [3.63, 3.8) is 0 Å². The lowest BCUT2D eigenvalue weighted by Gasteiger charge is -2.20. The molecule has 0 fully saturated rings. The number of anilines is 1. The average Bonchev–Trinajstić information content (AvgIpc) is 2.82. The molecule has 7 heteroatoms. The summed E-state index contributed by atoms with van der Waals surface area (Å²) in [5, 5.41) is 3.92. The van der Waals surface area contributed by atoms with Crippen molar-refractivity contribution in [3.8, 4) is 11.4 Å². The minimum Gasteiger partial charge on any atom is -0.464 e. The lowest BCUT2D eigenvalue weighted by Crippen LogP contribution is -2.22. The van der Waals surface area contributed by atoms with E-state index in [1.54, 1.807) is 11.6 Å². The molecule has 0 aliphatic rings. The summed E-state index contributed by atoms with van der Waals surface area (Å²) in [6.07, 6.45) is 0. The fraction of sp³-hybridized carbons (Fsp3) is 0.231. The summed E-state index contributed by atoms with van der Waals surface area (Å²) in [6.45, 7) is 5.74. The van der Waals surface area contributed by atoms with Crippen LogP contribution >= 0.6 is 0 Å². The molecule has 1 unspecified atom stereocenters. The Morgan fingerprint density at radius 3 is 2.48 bits per heavy atom. The normalized spacial score (nSPS) is 11.9. The number of aromatic nitrogens is 3. The first-order chi connectivity index (χ1) is 15.8. The highest BCUT2D eigenvalue weighted by atomic mass is 16.5. The highest BCUT2D eigenvalue weighted by Gasteiger charge is 2.20. The van der Waals surface area contributed by atoms with Crippen LogP contribution in [0.25, 0.3) is 22.3 Å². The molecular weight excluding hydrogens is 416 g/mol. The van der Waals surface area contributed by atoms with Crippen LogP contribution in [0.2, 0.25) is 0 Å². The molecule has 0 saturated carbocycles. The first-order valence-corrected chi connectivity index (χ1v) is 10.7. The molecule has 1 N–H and O–H groups in total. The van der Waals surface area contributed by atoms with E-state index in [-0.39, 0.29) is 17.3 Å². The predicted molar refractivity (Wildman–Crippen MR) is 130 cm³/mol. The molecule has 1 atom stereocenters. The molecule has 4 rings (SSSR count). The third-order valence-corrected chi connectivity index (χ3v) is 5.64. The molecule has 0 aliphatic heterocycles. The predicted octanol–water partition coefficient (Wildman–Crippen LogP) is 4.57. The third-order valence-electron chi connectivity index (χ3n) is 5.64. The number of ether oxygens (including phenoxy) is 1. The van der Waals surface area contributed by atoms with Gasteiger partial charge in [-0.3, -0.25) is 9.36 Å². The standard InChI is InChI=1S/C26H26N4O3/c1-15-13-19(17(3)28-21-12-11-16(2)27-23(21)26(32)33-5)22-20(14-15)25(31)30(4)24(29-22)18-9-7-6-8-10-18/h6-14,17,28H,1-5H3. The minimum absolute atomic E-state index is 0.108. The number of rotatable bonds is 5. The summed E-state index contributed by atoms with van der Waals surface area (Å²) in [7, 11) is 3.07. The number of methoxy groups -OCH3 is 1. The molecule has 2 aromatic carbocycles. The smallest absolute Gasteiger partial charge is 0.358 e. The Kier molecular flexibility index (Phi) is 5.96. The van der Waals surface area contributed by atoms with Crippen LogP contribution in [0.5, 0.6) is 0 Å². The second-order valence-corrected chi connectivity index (χ2v) is 8.12. The Hall–Kier alpha value is -4.00. The van der Waals surface area contributed by atoms with Crippen LogP contribution in [-0.2, 0) is 11.8 Å². The van der Waals surface area contributed by atoms with Gasteiger partial charge in [-0.15, -0.1) is 0 Å². The summed E-state index contributed by atoms with van der Waals surface area (Å²) >= 11 is 0. The monoisotopic (exact) mass is 442 g/mol. The maximum absolute atomic E-state index is 13.3. The number of carbonyl (C=O) groups is 1. The number of hydrogen-bond donors (Lipinski definition) is 1. The van der Waals surface area contributed by atoms with E-state index in [0.717, 1.165) is 16.7 Å². The Morgan fingerprint density at radius 2 is 1.79 bits per heavy atom. The Morgan fingerprint density at radius 1 is 1.06 bits per heavy atom. The van der Waals surface area contributed by atoms with Gasteiger partial charge in [-0.1, -0.05) is 36.4 Å². The van der Waals surface area contributed by atoms with E-state index in [4.69, 9.17) is 9.72 Å². The zero-order valence-corrected chi connectivity index (χ0v) is 19.3. The van der Waals surface area contributed by atoms with Crippen LogP contribution < -0.4 is 10.9 Å². The molecule has 33 heavy (non-hydrogen) atoms. The summed E-state index contributed by atoms with van der Waals surface area (Å²) in [5.41, 5.74) is 4.68. The summed E-state index contributed by atoms with van der Waals surface area (Å²) in [4.78, 5) is 34.8. The summed E-state index contributed by atoms with van der Waals surface area (Å²) in [6, 6.07) is 16.9. The second-order valence-electron chi connectivity index (χ2n) is 8.12. The number of carbonyl (C=O) groups excluding carboxylic acids is 1. The van der Waals surface area contributed by atoms with E-state index in [1.807, 2.05) is 75.4 Å². The quantitative estimate of drug-likeness (QED) is 0.456. The van der Waals surface area contributed by atoms with E-state index in [2.05, 4.69) is 10.3 Å². The number of nitrogens with one attached hydrogen (secondary N) is 1.